The van der Waals surface area contributed by atoms with Gasteiger partial charge in [-0.25, -0.2) is 4.85 Å². The predicted molar refractivity (Wildman–Crippen MR) is 97.0 cm³/mol. The third kappa shape index (κ3) is 2.32. The van der Waals surface area contributed by atoms with Gasteiger partial charge in [0.1, 0.15) is 0 Å². The molecule has 0 aliphatic heterocycles. The van der Waals surface area contributed by atoms with E-state index in [1.165, 1.54) is 37.7 Å². The van der Waals surface area contributed by atoms with Gasteiger partial charge in [-0.1, -0.05) is 46.1 Å². The van der Waals surface area contributed by atoms with Gasteiger partial charge in [-0.2, -0.15) is 5.10 Å². The minimum Gasteiger partial charge on any atom is -0.307 e. The van der Waals surface area contributed by atoms with Crippen LogP contribution < -0.4 is 0 Å². The zero-order valence-corrected chi connectivity index (χ0v) is 15.5. The summed E-state index contributed by atoms with van der Waals surface area (Å²) in [6.07, 6.45) is 12.5. The average molecular weight is 337 g/mol. The quantitative estimate of drug-likeness (QED) is 0.701. The van der Waals surface area contributed by atoms with E-state index in [1.807, 2.05) is 19.9 Å². The molecule has 4 heteroatoms. The van der Waals surface area contributed by atoms with E-state index < -0.39 is 5.41 Å². The van der Waals surface area contributed by atoms with Crippen LogP contribution in [0.25, 0.3) is 4.85 Å². The minimum atomic E-state index is -0.504. The van der Waals surface area contributed by atoms with Crippen LogP contribution in [0.15, 0.2) is 18.0 Å². The first-order chi connectivity index (χ1) is 11.9. The number of rotatable bonds is 1. The number of aromatic nitrogens is 2. The zero-order valence-electron chi connectivity index (χ0n) is 15.5. The Bertz CT molecular complexity index is 789. The van der Waals surface area contributed by atoms with Gasteiger partial charge in [0, 0.05) is 17.0 Å². The predicted octanol–water partition coefficient (Wildman–Crippen LogP) is 4.62. The Morgan fingerprint density at radius 3 is 2.60 bits per heavy atom. The van der Waals surface area contributed by atoms with Gasteiger partial charge in [-0.15, -0.1) is 0 Å². The average Bonchev–Trinajstić information content (AvgIpc) is 3.05. The number of nitrogens with zero attached hydrogens (tertiary/aromatic N) is 3. The van der Waals surface area contributed by atoms with Crippen molar-refractivity contribution in [3.63, 3.8) is 0 Å². The number of allylic oxidation sites excluding steroid dienone is 2. The Kier molecular flexibility index (Phi) is 3.68. The van der Waals surface area contributed by atoms with Crippen LogP contribution in [0.2, 0.25) is 0 Å². The molecule has 1 heterocycles. The summed E-state index contributed by atoms with van der Waals surface area (Å²) in [5, 5.41) is 5.05. The molecular weight excluding hydrogens is 310 g/mol. The molecule has 1 saturated carbocycles. The third-order valence-electron chi connectivity index (χ3n) is 6.94. The summed E-state index contributed by atoms with van der Waals surface area (Å²) in [6, 6.07) is 0.518. The van der Waals surface area contributed by atoms with Crippen LogP contribution in [-0.4, -0.2) is 15.6 Å². The van der Waals surface area contributed by atoms with Crippen LogP contribution in [0.4, 0.5) is 0 Å². The second kappa shape index (κ2) is 5.56. The zero-order chi connectivity index (χ0) is 17.8. The van der Waals surface area contributed by atoms with Gasteiger partial charge in [-0.3, -0.25) is 4.68 Å². The van der Waals surface area contributed by atoms with Gasteiger partial charge in [0.2, 0.25) is 5.70 Å². The van der Waals surface area contributed by atoms with Crippen LogP contribution in [0.5, 0.6) is 0 Å². The summed E-state index contributed by atoms with van der Waals surface area (Å²) >= 11 is 0. The fourth-order valence-corrected chi connectivity index (χ4v) is 5.56. The van der Waals surface area contributed by atoms with E-state index in [4.69, 9.17) is 11.7 Å². The van der Waals surface area contributed by atoms with Crippen LogP contribution in [0.1, 0.15) is 76.6 Å². The summed E-state index contributed by atoms with van der Waals surface area (Å²) in [4.78, 5) is 16.3. The van der Waals surface area contributed by atoms with E-state index in [1.54, 1.807) is 0 Å². The number of aryl methyl sites for hydroxylation is 1. The highest BCUT2D eigenvalue weighted by Gasteiger charge is 2.54. The van der Waals surface area contributed by atoms with Gasteiger partial charge in [-0.05, 0) is 37.2 Å². The fourth-order valence-electron chi connectivity index (χ4n) is 5.56. The summed E-state index contributed by atoms with van der Waals surface area (Å²) < 4.78 is 2.20. The van der Waals surface area contributed by atoms with Crippen LogP contribution >= 0.6 is 0 Å². The lowest BCUT2D eigenvalue weighted by Gasteiger charge is -2.49. The lowest BCUT2D eigenvalue weighted by atomic mass is 9.53. The SMILES string of the molecule is [C-]#[N+]C1=C[C@]2(C)c3nn(C4CCCCC4)cc3CC[C@H]2C(C)(C)C1=O. The Morgan fingerprint density at radius 2 is 1.92 bits per heavy atom. The van der Waals surface area contributed by atoms with Crippen molar-refractivity contribution >= 4 is 5.78 Å². The largest absolute Gasteiger partial charge is 0.307 e. The summed E-state index contributed by atoms with van der Waals surface area (Å²) in [6.45, 7) is 13.7. The monoisotopic (exact) mass is 337 g/mol. The van der Waals surface area contributed by atoms with Crippen molar-refractivity contribution in [2.75, 3.05) is 0 Å². The lowest BCUT2D eigenvalue weighted by Crippen LogP contribution is -2.50. The van der Waals surface area contributed by atoms with Gasteiger partial charge in [0.25, 0.3) is 0 Å². The molecule has 2 atom stereocenters. The highest BCUT2D eigenvalue weighted by Crippen LogP contribution is 2.54. The maximum absolute atomic E-state index is 12.7. The van der Waals surface area contributed by atoms with Gasteiger partial charge in [0.05, 0.1) is 18.3 Å². The van der Waals surface area contributed by atoms with Crippen LogP contribution in [-0.2, 0) is 16.6 Å². The minimum absolute atomic E-state index is 0.000128. The molecule has 0 unspecified atom stereocenters. The van der Waals surface area contributed by atoms with Crippen molar-refractivity contribution in [2.45, 2.75) is 77.2 Å². The molecule has 0 radical (unpaired) electrons. The van der Waals surface area contributed by atoms with E-state index in [0.717, 1.165) is 18.5 Å². The maximum Gasteiger partial charge on any atom is 0.226 e. The molecule has 0 saturated heterocycles. The van der Waals surface area contributed by atoms with Gasteiger partial charge in [0.15, 0.2) is 5.78 Å². The lowest BCUT2D eigenvalue weighted by molar-refractivity contribution is -0.128. The van der Waals surface area contributed by atoms with Crippen LogP contribution in [0.3, 0.4) is 0 Å². The number of hydrogen-bond donors (Lipinski definition) is 0. The first kappa shape index (κ1) is 16.6. The van der Waals surface area contributed by atoms with E-state index in [2.05, 4.69) is 22.6 Å². The highest BCUT2D eigenvalue weighted by atomic mass is 16.1. The third-order valence-corrected chi connectivity index (χ3v) is 6.94. The Hall–Kier alpha value is -1.89. The molecule has 3 aliphatic rings. The smallest absolute Gasteiger partial charge is 0.226 e. The number of ketones is 1. The molecule has 0 bridgehead atoms. The summed E-state index contributed by atoms with van der Waals surface area (Å²) in [7, 11) is 0. The molecule has 4 rings (SSSR count). The molecule has 0 aromatic carbocycles. The van der Waals surface area contributed by atoms with Crippen molar-refractivity contribution < 1.29 is 4.79 Å². The second-order valence-corrected chi connectivity index (χ2v) is 8.84. The molecule has 0 N–H and O–H groups in total. The Balaban J connectivity index is 1.81. The van der Waals surface area contributed by atoms with E-state index in [0.29, 0.717) is 11.7 Å². The fraction of sp³-hybridized carbons (Fsp3) is 0.667. The highest BCUT2D eigenvalue weighted by molar-refractivity contribution is 6.02. The van der Waals surface area contributed by atoms with E-state index in [-0.39, 0.29) is 17.1 Å². The molecule has 132 valence electrons. The molecule has 4 nitrogen and oxygen atoms in total. The molecule has 1 aromatic rings. The normalized spacial score (nSPS) is 31.7. The van der Waals surface area contributed by atoms with Gasteiger partial charge >= 0.3 is 0 Å². The first-order valence-corrected chi connectivity index (χ1v) is 9.61. The molecule has 0 spiro atoms. The molecular formula is C21H27N3O. The number of fused-ring (bicyclic) bond motifs is 3. The Morgan fingerprint density at radius 1 is 1.20 bits per heavy atom. The van der Waals surface area contributed by atoms with E-state index in [9.17, 15) is 4.79 Å². The Labute approximate surface area is 150 Å². The van der Waals surface area contributed by atoms with Crippen LogP contribution in [0, 0.1) is 17.9 Å². The van der Waals surface area contributed by atoms with Crippen molar-refractivity contribution in [1.82, 2.24) is 9.78 Å². The number of carbonyl (C=O) groups is 1. The standard InChI is InChI=1S/C21H27N3O/c1-20(2)17-11-10-14-13-24(15-8-6-5-7-9-15)23-18(14)21(17,3)12-16(22-4)19(20)25/h12-13,15,17H,5-11H2,1-3H3/t17-,21-/m0/s1. The molecule has 3 aliphatic carbocycles. The molecule has 0 amide bonds. The maximum atomic E-state index is 12.7. The van der Waals surface area contributed by atoms with Crippen molar-refractivity contribution in [2.24, 2.45) is 11.3 Å². The van der Waals surface area contributed by atoms with Crippen molar-refractivity contribution in [3.05, 3.63) is 40.6 Å². The molecule has 25 heavy (non-hydrogen) atoms. The van der Waals surface area contributed by atoms with Crippen molar-refractivity contribution in [3.8, 4) is 0 Å². The topological polar surface area (TPSA) is 39.2 Å². The summed E-state index contributed by atoms with van der Waals surface area (Å²) in [5.41, 5.74) is 1.90. The summed E-state index contributed by atoms with van der Waals surface area (Å²) in [5.74, 6) is 0.209. The molecule has 1 aromatic heterocycles. The van der Waals surface area contributed by atoms with E-state index >= 15 is 0 Å². The second-order valence-electron chi connectivity index (χ2n) is 8.84. The van der Waals surface area contributed by atoms with Crippen molar-refractivity contribution in [1.29, 1.82) is 0 Å². The number of carbonyl (C=O) groups excluding carboxylic acids is 1. The first-order valence-electron chi connectivity index (χ1n) is 9.61. The number of Topliss-reactive ketones (excluding diaryl/α,β-unsaturated/α-hetero) is 1. The van der Waals surface area contributed by atoms with Gasteiger partial charge < -0.3 is 4.79 Å². The molecule has 1 fully saturated rings. The number of hydrogen-bond acceptors (Lipinski definition) is 2.